The van der Waals surface area contributed by atoms with Gasteiger partial charge in [0.1, 0.15) is 5.75 Å². The smallest absolute Gasteiger partial charge is 0.303 e. The third kappa shape index (κ3) is 3.77. The average Bonchev–Trinajstić information content (AvgIpc) is 2.28. The summed E-state index contributed by atoms with van der Waals surface area (Å²) in [7, 11) is 1.62. The third-order valence-corrected chi connectivity index (χ3v) is 2.88. The largest absolute Gasteiger partial charge is 0.496 e. The van der Waals surface area contributed by atoms with Gasteiger partial charge in [-0.2, -0.15) is 0 Å². The molecule has 3 heteroatoms. The van der Waals surface area contributed by atoms with Gasteiger partial charge >= 0.3 is 5.97 Å². The van der Waals surface area contributed by atoms with Crippen LogP contribution in [-0.4, -0.2) is 18.2 Å². The lowest BCUT2D eigenvalue weighted by atomic mass is 9.90. The fourth-order valence-electron chi connectivity index (χ4n) is 2.10. The topological polar surface area (TPSA) is 46.5 Å². The van der Waals surface area contributed by atoms with E-state index >= 15 is 0 Å². The molecule has 1 unspecified atom stereocenters. The Morgan fingerprint density at radius 2 is 2.18 bits per heavy atom. The molecule has 0 fully saturated rings. The molecule has 0 heterocycles. The van der Waals surface area contributed by atoms with Crippen molar-refractivity contribution in [2.45, 2.75) is 39.0 Å². The first kappa shape index (κ1) is 13.6. The minimum atomic E-state index is -0.757. The zero-order chi connectivity index (χ0) is 12.8. The zero-order valence-electron chi connectivity index (χ0n) is 10.7. The molecule has 0 radical (unpaired) electrons. The van der Waals surface area contributed by atoms with Crippen molar-refractivity contribution < 1.29 is 14.6 Å². The van der Waals surface area contributed by atoms with Gasteiger partial charge in [0.2, 0.25) is 0 Å². The maximum absolute atomic E-state index is 10.9. The van der Waals surface area contributed by atoms with Crippen LogP contribution >= 0.6 is 0 Å². The van der Waals surface area contributed by atoms with Gasteiger partial charge in [0.05, 0.1) is 13.5 Å². The SMILES string of the molecule is CCCC(CC(=O)O)c1cc(C)ccc1OC. The van der Waals surface area contributed by atoms with E-state index in [9.17, 15) is 4.79 Å². The Morgan fingerprint density at radius 3 is 2.71 bits per heavy atom. The molecule has 0 aliphatic heterocycles. The van der Waals surface area contributed by atoms with Crippen LogP contribution in [0.15, 0.2) is 18.2 Å². The van der Waals surface area contributed by atoms with Crippen LogP contribution in [0.1, 0.15) is 43.2 Å². The number of carboxylic acids is 1. The molecular formula is C14H20O3. The average molecular weight is 236 g/mol. The molecule has 3 nitrogen and oxygen atoms in total. The van der Waals surface area contributed by atoms with Crippen LogP contribution in [-0.2, 0) is 4.79 Å². The van der Waals surface area contributed by atoms with Gasteiger partial charge in [-0.3, -0.25) is 4.79 Å². The number of methoxy groups -OCH3 is 1. The van der Waals surface area contributed by atoms with Crippen molar-refractivity contribution >= 4 is 5.97 Å². The fourth-order valence-corrected chi connectivity index (χ4v) is 2.10. The molecule has 0 saturated carbocycles. The Hall–Kier alpha value is -1.51. The Kier molecular flexibility index (Phi) is 5.01. The normalized spacial score (nSPS) is 12.2. The summed E-state index contributed by atoms with van der Waals surface area (Å²) in [6.45, 7) is 4.07. The Balaban J connectivity index is 3.06. The summed E-state index contributed by atoms with van der Waals surface area (Å²) in [6, 6.07) is 5.92. The van der Waals surface area contributed by atoms with E-state index in [-0.39, 0.29) is 12.3 Å². The first-order chi connectivity index (χ1) is 8.08. The highest BCUT2D eigenvalue weighted by Gasteiger charge is 2.18. The van der Waals surface area contributed by atoms with E-state index in [2.05, 4.69) is 6.92 Å². The van der Waals surface area contributed by atoms with Crippen LogP contribution in [0.2, 0.25) is 0 Å². The molecule has 0 aliphatic rings. The second-order valence-electron chi connectivity index (χ2n) is 4.33. The van der Waals surface area contributed by atoms with Crippen molar-refractivity contribution in [1.29, 1.82) is 0 Å². The van der Waals surface area contributed by atoms with Gasteiger partial charge in [-0.15, -0.1) is 0 Å². The number of rotatable bonds is 6. The van der Waals surface area contributed by atoms with Crippen LogP contribution in [0, 0.1) is 6.92 Å². The molecular weight excluding hydrogens is 216 g/mol. The number of hydrogen-bond donors (Lipinski definition) is 1. The summed E-state index contributed by atoms with van der Waals surface area (Å²) in [4.78, 5) is 10.9. The van der Waals surface area contributed by atoms with E-state index in [1.54, 1.807) is 7.11 Å². The van der Waals surface area contributed by atoms with Crippen molar-refractivity contribution in [1.82, 2.24) is 0 Å². The summed E-state index contributed by atoms with van der Waals surface area (Å²) in [5, 5.41) is 8.96. The van der Waals surface area contributed by atoms with Crippen molar-refractivity contribution in [3.05, 3.63) is 29.3 Å². The Morgan fingerprint density at radius 1 is 1.47 bits per heavy atom. The van der Waals surface area contributed by atoms with Gasteiger partial charge in [0.25, 0.3) is 0 Å². The summed E-state index contributed by atoms with van der Waals surface area (Å²) in [6.07, 6.45) is 1.99. The number of benzene rings is 1. The third-order valence-electron chi connectivity index (χ3n) is 2.88. The van der Waals surface area contributed by atoms with E-state index in [1.807, 2.05) is 25.1 Å². The van der Waals surface area contributed by atoms with Gasteiger partial charge < -0.3 is 9.84 Å². The predicted molar refractivity (Wildman–Crippen MR) is 67.6 cm³/mol. The molecule has 1 aromatic carbocycles. The van der Waals surface area contributed by atoms with Crippen molar-refractivity contribution in [2.75, 3.05) is 7.11 Å². The van der Waals surface area contributed by atoms with Crippen LogP contribution in [0.5, 0.6) is 5.75 Å². The first-order valence-electron chi connectivity index (χ1n) is 5.94. The lowest BCUT2D eigenvalue weighted by Gasteiger charge is -2.18. The number of aryl methyl sites for hydroxylation is 1. The Bertz CT molecular complexity index is 385. The minimum absolute atomic E-state index is 0.0346. The second-order valence-corrected chi connectivity index (χ2v) is 4.33. The second kappa shape index (κ2) is 6.28. The van der Waals surface area contributed by atoms with Crippen LogP contribution in [0.3, 0.4) is 0 Å². The van der Waals surface area contributed by atoms with Crippen molar-refractivity contribution in [3.8, 4) is 5.75 Å². The number of hydrogen-bond acceptors (Lipinski definition) is 2. The number of carboxylic acid groups (broad SMARTS) is 1. The van der Waals surface area contributed by atoms with E-state index in [0.717, 1.165) is 29.7 Å². The summed E-state index contributed by atoms with van der Waals surface area (Å²) in [5.41, 5.74) is 2.14. The lowest BCUT2D eigenvalue weighted by molar-refractivity contribution is -0.137. The van der Waals surface area contributed by atoms with E-state index in [4.69, 9.17) is 9.84 Å². The quantitative estimate of drug-likeness (QED) is 0.823. The van der Waals surface area contributed by atoms with Gasteiger partial charge in [-0.25, -0.2) is 0 Å². The van der Waals surface area contributed by atoms with Gasteiger partial charge in [0, 0.05) is 0 Å². The van der Waals surface area contributed by atoms with Gasteiger partial charge in [-0.05, 0) is 30.9 Å². The number of aliphatic carboxylic acids is 1. The highest BCUT2D eigenvalue weighted by Crippen LogP contribution is 2.33. The lowest BCUT2D eigenvalue weighted by Crippen LogP contribution is -2.08. The highest BCUT2D eigenvalue weighted by atomic mass is 16.5. The summed E-state index contributed by atoms with van der Waals surface area (Å²) >= 11 is 0. The molecule has 1 aromatic rings. The highest BCUT2D eigenvalue weighted by molar-refractivity contribution is 5.68. The molecule has 0 aliphatic carbocycles. The molecule has 94 valence electrons. The molecule has 0 aromatic heterocycles. The molecule has 1 rings (SSSR count). The van der Waals surface area contributed by atoms with Crippen LogP contribution in [0.4, 0.5) is 0 Å². The molecule has 0 bridgehead atoms. The van der Waals surface area contributed by atoms with Crippen molar-refractivity contribution in [2.24, 2.45) is 0 Å². The standard InChI is InChI=1S/C14H20O3/c1-4-5-11(9-14(15)16)12-8-10(2)6-7-13(12)17-3/h6-8,11H,4-5,9H2,1-3H3,(H,15,16). The first-order valence-corrected chi connectivity index (χ1v) is 5.94. The number of ether oxygens (including phenoxy) is 1. The molecule has 17 heavy (non-hydrogen) atoms. The van der Waals surface area contributed by atoms with E-state index < -0.39 is 5.97 Å². The number of carbonyl (C=O) groups is 1. The monoisotopic (exact) mass is 236 g/mol. The fraction of sp³-hybridized carbons (Fsp3) is 0.500. The maximum atomic E-state index is 10.9. The van der Waals surface area contributed by atoms with Gasteiger partial charge in [0.15, 0.2) is 0 Å². The molecule has 0 saturated heterocycles. The Labute approximate surface area is 102 Å². The molecule has 0 spiro atoms. The summed E-state index contributed by atoms with van der Waals surface area (Å²) < 4.78 is 5.32. The predicted octanol–water partition coefficient (Wildman–Crippen LogP) is 3.36. The zero-order valence-corrected chi connectivity index (χ0v) is 10.7. The molecule has 1 N–H and O–H groups in total. The molecule has 0 amide bonds. The van der Waals surface area contributed by atoms with Crippen molar-refractivity contribution in [3.63, 3.8) is 0 Å². The van der Waals surface area contributed by atoms with Crippen LogP contribution in [0.25, 0.3) is 0 Å². The van der Waals surface area contributed by atoms with Crippen LogP contribution < -0.4 is 4.74 Å². The van der Waals surface area contributed by atoms with E-state index in [1.165, 1.54) is 0 Å². The summed E-state index contributed by atoms with van der Waals surface area (Å²) in [5.74, 6) is 0.0645. The van der Waals surface area contributed by atoms with Gasteiger partial charge in [-0.1, -0.05) is 31.0 Å². The molecule has 1 atom stereocenters. The van der Waals surface area contributed by atoms with E-state index in [0.29, 0.717) is 0 Å². The maximum Gasteiger partial charge on any atom is 0.303 e. The minimum Gasteiger partial charge on any atom is -0.496 e.